The summed E-state index contributed by atoms with van der Waals surface area (Å²) in [6, 6.07) is 7.54. The average Bonchev–Trinajstić information content (AvgIpc) is 2.49. The average molecular weight is 281 g/mol. The van der Waals surface area contributed by atoms with Crippen molar-refractivity contribution in [3.8, 4) is 0 Å². The largest absolute Gasteiger partial charge is 0.271 e. The van der Waals surface area contributed by atoms with Crippen molar-refractivity contribution in [2.75, 3.05) is 0 Å². The van der Waals surface area contributed by atoms with Crippen LogP contribution in [-0.2, 0) is 0 Å². The Hall–Kier alpha value is -2.49. The van der Waals surface area contributed by atoms with Crippen LogP contribution in [-0.4, -0.2) is 16.6 Å². The lowest BCUT2D eigenvalue weighted by Gasteiger charge is -2.09. The summed E-state index contributed by atoms with van der Waals surface area (Å²) in [7, 11) is 0. The maximum absolute atomic E-state index is 11.9. The molecule has 2 aromatic rings. The van der Waals surface area contributed by atoms with E-state index in [4.69, 9.17) is 0 Å². The molecular weight excluding hydrogens is 262 g/mol. The van der Waals surface area contributed by atoms with Gasteiger partial charge in [-0.1, -0.05) is 6.07 Å². The standard InChI is InChI=1S/C17H19N3O/c1-11-9-13(3)16(10-12(11)2)14(4)19-20-17(21)15-5-7-18-8-6-15/h5-10H,1-4H3,(H,20,21)/b19-14+. The van der Waals surface area contributed by atoms with E-state index >= 15 is 0 Å². The molecule has 1 aromatic carbocycles. The van der Waals surface area contributed by atoms with Crippen molar-refractivity contribution >= 4 is 11.6 Å². The first-order valence-corrected chi connectivity index (χ1v) is 6.82. The molecule has 108 valence electrons. The number of hydrazone groups is 1. The van der Waals surface area contributed by atoms with Crippen LogP contribution in [0.25, 0.3) is 0 Å². The highest BCUT2D eigenvalue weighted by Gasteiger charge is 2.07. The molecule has 0 aliphatic carbocycles. The van der Waals surface area contributed by atoms with Crippen molar-refractivity contribution in [1.29, 1.82) is 0 Å². The topological polar surface area (TPSA) is 54.4 Å². The number of aromatic nitrogens is 1. The molecule has 4 nitrogen and oxygen atoms in total. The van der Waals surface area contributed by atoms with Crippen LogP contribution in [0.4, 0.5) is 0 Å². The number of hydrogen-bond acceptors (Lipinski definition) is 3. The number of carbonyl (C=O) groups is 1. The molecule has 0 atom stereocenters. The highest BCUT2D eigenvalue weighted by Crippen LogP contribution is 2.16. The van der Waals surface area contributed by atoms with E-state index in [0.717, 1.165) is 16.8 Å². The number of nitrogens with zero attached hydrogens (tertiary/aromatic N) is 2. The van der Waals surface area contributed by atoms with Gasteiger partial charge in [0.15, 0.2) is 0 Å². The summed E-state index contributed by atoms with van der Waals surface area (Å²) < 4.78 is 0. The molecule has 0 saturated heterocycles. The van der Waals surface area contributed by atoms with E-state index in [9.17, 15) is 4.79 Å². The van der Waals surface area contributed by atoms with Gasteiger partial charge in [0.25, 0.3) is 5.91 Å². The number of aryl methyl sites for hydroxylation is 3. The number of rotatable bonds is 3. The summed E-state index contributed by atoms with van der Waals surface area (Å²) >= 11 is 0. The Kier molecular flexibility index (Phi) is 4.48. The molecule has 0 bridgehead atoms. The first-order valence-electron chi connectivity index (χ1n) is 6.82. The molecule has 0 unspecified atom stereocenters. The zero-order valence-corrected chi connectivity index (χ0v) is 12.8. The number of nitrogens with one attached hydrogen (secondary N) is 1. The number of amides is 1. The second kappa shape index (κ2) is 6.31. The maximum atomic E-state index is 11.9. The third-order valence-corrected chi connectivity index (χ3v) is 3.50. The molecular formula is C17H19N3O. The lowest BCUT2D eigenvalue weighted by atomic mass is 9.98. The Morgan fingerprint density at radius 1 is 1.05 bits per heavy atom. The van der Waals surface area contributed by atoms with Gasteiger partial charge in [-0.2, -0.15) is 5.10 Å². The van der Waals surface area contributed by atoms with Gasteiger partial charge >= 0.3 is 0 Å². The van der Waals surface area contributed by atoms with E-state index in [2.05, 4.69) is 41.5 Å². The lowest BCUT2D eigenvalue weighted by Crippen LogP contribution is -2.19. The van der Waals surface area contributed by atoms with E-state index < -0.39 is 0 Å². The Morgan fingerprint density at radius 2 is 1.67 bits per heavy atom. The van der Waals surface area contributed by atoms with E-state index in [1.54, 1.807) is 24.5 Å². The summed E-state index contributed by atoms with van der Waals surface area (Å²) in [6.07, 6.45) is 3.16. The molecule has 21 heavy (non-hydrogen) atoms. The zero-order valence-electron chi connectivity index (χ0n) is 12.8. The van der Waals surface area contributed by atoms with E-state index in [-0.39, 0.29) is 5.91 Å². The lowest BCUT2D eigenvalue weighted by molar-refractivity contribution is 0.0954. The van der Waals surface area contributed by atoms with Gasteiger partial charge in [0.05, 0.1) is 5.71 Å². The Balaban J connectivity index is 2.19. The summed E-state index contributed by atoms with van der Waals surface area (Å²) in [6.45, 7) is 8.10. The van der Waals surface area contributed by atoms with Crippen molar-refractivity contribution < 1.29 is 4.79 Å². The van der Waals surface area contributed by atoms with Crippen LogP contribution in [0.3, 0.4) is 0 Å². The molecule has 0 spiro atoms. The van der Waals surface area contributed by atoms with Crippen LogP contribution in [0.1, 0.15) is 39.5 Å². The normalized spacial score (nSPS) is 11.3. The SMILES string of the molecule is C/C(=N\NC(=O)c1ccncc1)c1cc(C)c(C)cc1C. The monoisotopic (exact) mass is 281 g/mol. The molecule has 2 rings (SSSR count). The van der Waals surface area contributed by atoms with Crippen molar-refractivity contribution in [3.05, 3.63) is 64.5 Å². The second-order valence-corrected chi connectivity index (χ2v) is 5.13. The van der Waals surface area contributed by atoms with Gasteiger partial charge < -0.3 is 0 Å². The Labute approximate surface area is 124 Å². The quantitative estimate of drug-likeness (QED) is 0.694. The van der Waals surface area contributed by atoms with Gasteiger partial charge in [-0.3, -0.25) is 9.78 Å². The van der Waals surface area contributed by atoms with Crippen molar-refractivity contribution in [1.82, 2.24) is 10.4 Å². The minimum atomic E-state index is -0.238. The van der Waals surface area contributed by atoms with Crippen LogP contribution in [0, 0.1) is 20.8 Å². The highest BCUT2D eigenvalue weighted by atomic mass is 16.2. The fourth-order valence-electron chi connectivity index (χ4n) is 2.11. The number of pyridine rings is 1. The minimum absolute atomic E-state index is 0.238. The van der Waals surface area contributed by atoms with Crippen LogP contribution in [0.2, 0.25) is 0 Å². The zero-order chi connectivity index (χ0) is 15.4. The van der Waals surface area contributed by atoms with Gasteiger partial charge in [-0.15, -0.1) is 0 Å². The molecule has 1 aromatic heterocycles. The first-order chi connectivity index (χ1) is 9.99. The van der Waals surface area contributed by atoms with Gasteiger partial charge in [0.1, 0.15) is 0 Å². The summed E-state index contributed by atoms with van der Waals surface area (Å²) in [4.78, 5) is 15.8. The van der Waals surface area contributed by atoms with Gasteiger partial charge in [-0.25, -0.2) is 5.43 Å². The van der Waals surface area contributed by atoms with Crippen molar-refractivity contribution in [2.45, 2.75) is 27.7 Å². The maximum Gasteiger partial charge on any atom is 0.271 e. The molecule has 1 heterocycles. The van der Waals surface area contributed by atoms with E-state index in [1.807, 2.05) is 13.8 Å². The van der Waals surface area contributed by atoms with Gasteiger partial charge in [0, 0.05) is 23.5 Å². The smallest absolute Gasteiger partial charge is 0.267 e. The Bertz CT molecular complexity index is 691. The fourth-order valence-corrected chi connectivity index (χ4v) is 2.11. The number of hydrogen-bond donors (Lipinski definition) is 1. The van der Waals surface area contributed by atoms with Crippen molar-refractivity contribution in [2.24, 2.45) is 5.10 Å². The van der Waals surface area contributed by atoms with E-state index in [0.29, 0.717) is 5.56 Å². The fraction of sp³-hybridized carbons (Fsp3) is 0.235. The third-order valence-electron chi connectivity index (χ3n) is 3.50. The van der Waals surface area contributed by atoms with Crippen LogP contribution in [0.15, 0.2) is 41.8 Å². The van der Waals surface area contributed by atoms with E-state index in [1.165, 1.54) is 11.1 Å². The van der Waals surface area contributed by atoms with Crippen LogP contribution < -0.4 is 5.43 Å². The van der Waals surface area contributed by atoms with Gasteiger partial charge in [-0.05, 0) is 62.6 Å². The molecule has 1 N–H and O–H groups in total. The predicted octanol–water partition coefficient (Wildman–Crippen LogP) is 3.16. The minimum Gasteiger partial charge on any atom is -0.267 e. The molecule has 0 radical (unpaired) electrons. The van der Waals surface area contributed by atoms with Crippen molar-refractivity contribution in [3.63, 3.8) is 0 Å². The predicted molar refractivity (Wildman–Crippen MR) is 84.6 cm³/mol. The number of benzene rings is 1. The summed E-state index contributed by atoms with van der Waals surface area (Å²) in [5.74, 6) is -0.238. The summed E-state index contributed by atoms with van der Waals surface area (Å²) in [5, 5.41) is 4.20. The molecule has 0 saturated carbocycles. The second-order valence-electron chi connectivity index (χ2n) is 5.13. The molecule has 4 heteroatoms. The first kappa shape index (κ1) is 14.9. The van der Waals surface area contributed by atoms with Crippen LogP contribution >= 0.6 is 0 Å². The van der Waals surface area contributed by atoms with Gasteiger partial charge in [0.2, 0.25) is 0 Å². The highest BCUT2D eigenvalue weighted by molar-refractivity contribution is 6.02. The molecule has 0 aliphatic heterocycles. The molecule has 1 amide bonds. The molecule has 0 aliphatic rings. The Morgan fingerprint density at radius 3 is 2.33 bits per heavy atom. The van der Waals surface area contributed by atoms with Crippen LogP contribution in [0.5, 0.6) is 0 Å². The third kappa shape index (κ3) is 3.54. The number of carbonyl (C=O) groups excluding carboxylic acids is 1. The summed E-state index contributed by atoms with van der Waals surface area (Å²) in [5.41, 5.74) is 8.58. The molecule has 0 fully saturated rings.